The van der Waals surface area contributed by atoms with E-state index >= 15 is 0 Å². The molecule has 158 valence electrons. The van der Waals surface area contributed by atoms with Crippen LogP contribution in [0.25, 0.3) is 0 Å². The van der Waals surface area contributed by atoms with Crippen molar-refractivity contribution >= 4 is 50.5 Å². The monoisotopic (exact) mass is 479 g/mol. The molecule has 2 aromatic rings. The Morgan fingerprint density at radius 3 is 2.41 bits per heavy atom. The minimum absolute atomic E-state index is 0.195. The predicted molar refractivity (Wildman–Crippen MR) is 114 cm³/mol. The summed E-state index contributed by atoms with van der Waals surface area (Å²) >= 11 is 17.8. The lowest BCUT2D eigenvalue weighted by Gasteiger charge is -2.18. The minimum atomic E-state index is -3.29. The number of hydrogen-bond donors (Lipinski definition) is 0. The molecule has 6 nitrogen and oxygen atoms in total. The van der Waals surface area contributed by atoms with Gasteiger partial charge in [0.1, 0.15) is 11.5 Å². The average molecular weight is 481 g/mol. The summed E-state index contributed by atoms with van der Waals surface area (Å²) in [5.74, 6) is 0.489. The van der Waals surface area contributed by atoms with Gasteiger partial charge in [-0.2, -0.15) is 0 Å². The molecule has 1 amide bonds. The molecular weight excluding hydrogens is 461 g/mol. The van der Waals surface area contributed by atoms with Gasteiger partial charge in [0.15, 0.2) is 16.4 Å². The fourth-order valence-electron chi connectivity index (χ4n) is 2.28. The maximum atomic E-state index is 12.2. The lowest BCUT2D eigenvalue weighted by atomic mass is 10.3. The van der Waals surface area contributed by atoms with Crippen molar-refractivity contribution in [3.63, 3.8) is 0 Å². The van der Waals surface area contributed by atoms with E-state index in [0.717, 1.165) is 6.26 Å². The predicted octanol–water partition coefficient (Wildman–Crippen LogP) is 4.36. The van der Waals surface area contributed by atoms with Crippen LogP contribution in [-0.2, 0) is 14.6 Å². The first kappa shape index (κ1) is 23.6. The van der Waals surface area contributed by atoms with Crippen LogP contribution in [0.1, 0.15) is 6.42 Å². The Kier molecular flexibility index (Phi) is 8.46. The smallest absolute Gasteiger partial charge is 0.260 e. The minimum Gasteiger partial charge on any atom is -0.493 e. The Labute approximate surface area is 185 Å². The second kappa shape index (κ2) is 10.4. The van der Waals surface area contributed by atoms with Crippen molar-refractivity contribution in [2.75, 3.05) is 33.1 Å². The molecule has 0 atom stereocenters. The first-order chi connectivity index (χ1) is 13.6. The molecule has 29 heavy (non-hydrogen) atoms. The molecule has 0 spiro atoms. The maximum absolute atomic E-state index is 12.2. The molecule has 2 rings (SSSR count). The molecule has 0 N–H and O–H groups in total. The van der Waals surface area contributed by atoms with Gasteiger partial charge in [-0.1, -0.05) is 40.9 Å². The molecule has 0 fully saturated rings. The standard InChI is InChI=1S/C19H20Cl3NO5S/c1-23(19(24)12-28-18-11-16(21)15(20)10-17(18)22)7-4-8-27-13-5-3-6-14(9-13)29(2,25)26/h3,5-6,9-11H,4,7-8,12H2,1-2H3. The van der Waals surface area contributed by atoms with E-state index in [4.69, 9.17) is 44.3 Å². The third-order valence-corrected chi connectivity index (χ3v) is 6.02. The summed E-state index contributed by atoms with van der Waals surface area (Å²) in [7, 11) is -1.64. The molecule has 0 aliphatic rings. The van der Waals surface area contributed by atoms with E-state index in [1.807, 2.05) is 0 Å². The quantitative estimate of drug-likeness (QED) is 0.394. The number of carbonyl (C=O) groups is 1. The SMILES string of the molecule is CN(CCCOc1cccc(S(C)(=O)=O)c1)C(=O)COc1cc(Cl)c(Cl)cc1Cl. The molecule has 0 aliphatic heterocycles. The Morgan fingerprint density at radius 1 is 1.03 bits per heavy atom. The van der Waals surface area contributed by atoms with Crippen molar-refractivity contribution in [1.82, 2.24) is 4.90 Å². The number of amides is 1. The Hall–Kier alpha value is -1.67. The van der Waals surface area contributed by atoms with Crippen LogP contribution >= 0.6 is 34.8 Å². The van der Waals surface area contributed by atoms with Gasteiger partial charge in [0.05, 0.1) is 26.6 Å². The summed E-state index contributed by atoms with van der Waals surface area (Å²) in [5, 5.41) is 0.845. The zero-order valence-corrected chi connectivity index (χ0v) is 18.9. The fraction of sp³-hybridized carbons (Fsp3) is 0.316. The number of benzene rings is 2. The summed E-state index contributed by atoms with van der Waals surface area (Å²) in [5.41, 5.74) is 0. The molecule has 0 aromatic heterocycles. The highest BCUT2D eigenvalue weighted by molar-refractivity contribution is 7.90. The number of carbonyl (C=O) groups excluding carboxylic acids is 1. The van der Waals surface area contributed by atoms with Crippen molar-refractivity contribution in [3.8, 4) is 11.5 Å². The van der Waals surface area contributed by atoms with E-state index < -0.39 is 9.84 Å². The topological polar surface area (TPSA) is 72.9 Å². The van der Waals surface area contributed by atoms with Crippen LogP contribution in [0.15, 0.2) is 41.3 Å². The molecule has 0 saturated carbocycles. The van der Waals surface area contributed by atoms with E-state index in [-0.39, 0.29) is 33.2 Å². The van der Waals surface area contributed by atoms with Crippen LogP contribution in [0.2, 0.25) is 15.1 Å². The molecule has 0 bridgehead atoms. The van der Waals surface area contributed by atoms with Crippen LogP contribution in [0.3, 0.4) is 0 Å². The maximum Gasteiger partial charge on any atom is 0.260 e. The van der Waals surface area contributed by atoms with Crippen LogP contribution in [0.5, 0.6) is 11.5 Å². The van der Waals surface area contributed by atoms with Gasteiger partial charge in [-0.15, -0.1) is 0 Å². The van der Waals surface area contributed by atoms with Gasteiger partial charge in [0, 0.05) is 25.9 Å². The van der Waals surface area contributed by atoms with Gasteiger partial charge >= 0.3 is 0 Å². The van der Waals surface area contributed by atoms with Gasteiger partial charge < -0.3 is 14.4 Å². The molecule has 2 aromatic carbocycles. The van der Waals surface area contributed by atoms with Gasteiger partial charge in [-0.3, -0.25) is 4.79 Å². The van der Waals surface area contributed by atoms with Crippen molar-refractivity contribution in [2.24, 2.45) is 0 Å². The molecule has 0 aliphatic carbocycles. The number of ether oxygens (including phenoxy) is 2. The Morgan fingerprint density at radius 2 is 1.72 bits per heavy atom. The third kappa shape index (κ3) is 7.26. The van der Waals surface area contributed by atoms with Crippen LogP contribution in [-0.4, -0.2) is 52.3 Å². The highest BCUT2D eigenvalue weighted by Crippen LogP contribution is 2.33. The summed E-state index contributed by atoms with van der Waals surface area (Å²) in [6.45, 7) is 0.554. The van der Waals surface area contributed by atoms with E-state index in [9.17, 15) is 13.2 Å². The van der Waals surface area contributed by atoms with Gasteiger partial charge in [-0.05, 0) is 30.7 Å². The van der Waals surface area contributed by atoms with Gasteiger partial charge in [-0.25, -0.2) is 8.42 Å². The Bertz CT molecular complexity index is 982. The first-order valence-corrected chi connectivity index (χ1v) is 11.5. The average Bonchev–Trinajstić information content (AvgIpc) is 2.66. The van der Waals surface area contributed by atoms with Crippen LogP contribution in [0, 0.1) is 0 Å². The summed E-state index contributed by atoms with van der Waals surface area (Å²) in [6.07, 6.45) is 1.69. The van der Waals surface area contributed by atoms with Crippen molar-refractivity contribution in [3.05, 3.63) is 51.5 Å². The van der Waals surface area contributed by atoms with E-state index in [1.54, 1.807) is 19.2 Å². The molecule has 0 radical (unpaired) electrons. The number of hydrogen-bond acceptors (Lipinski definition) is 5. The lowest BCUT2D eigenvalue weighted by molar-refractivity contribution is -0.132. The lowest BCUT2D eigenvalue weighted by Crippen LogP contribution is -2.32. The highest BCUT2D eigenvalue weighted by atomic mass is 35.5. The molecule has 0 heterocycles. The summed E-state index contributed by atoms with van der Waals surface area (Å²) < 4.78 is 34.1. The number of sulfone groups is 1. The van der Waals surface area contributed by atoms with E-state index in [2.05, 4.69) is 0 Å². The number of halogens is 3. The Balaban J connectivity index is 1.77. The second-order valence-electron chi connectivity index (χ2n) is 6.25. The van der Waals surface area contributed by atoms with Crippen molar-refractivity contribution in [1.29, 1.82) is 0 Å². The normalized spacial score (nSPS) is 11.2. The van der Waals surface area contributed by atoms with Crippen LogP contribution in [0.4, 0.5) is 0 Å². The van der Waals surface area contributed by atoms with Crippen LogP contribution < -0.4 is 9.47 Å². The molecule has 0 unspecified atom stereocenters. The third-order valence-electron chi connectivity index (χ3n) is 3.89. The second-order valence-corrected chi connectivity index (χ2v) is 9.49. The first-order valence-electron chi connectivity index (χ1n) is 8.52. The summed E-state index contributed by atoms with van der Waals surface area (Å²) in [4.78, 5) is 13.9. The van der Waals surface area contributed by atoms with Gasteiger partial charge in [0.25, 0.3) is 5.91 Å². The molecule has 0 saturated heterocycles. The summed E-state index contributed by atoms with van der Waals surface area (Å²) in [6, 6.07) is 9.18. The number of rotatable bonds is 9. The zero-order chi connectivity index (χ0) is 21.6. The largest absolute Gasteiger partial charge is 0.493 e. The van der Waals surface area contributed by atoms with Crippen molar-refractivity contribution in [2.45, 2.75) is 11.3 Å². The number of nitrogens with zero attached hydrogens (tertiary/aromatic N) is 1. The molecule has 10 heteroatoms. The number of likely N-dealkylation sites (N-methyl/N-ethyl adjacent to an activating group) is 1. The highest BCUT2D eigenvalue weighted by Gasteiger charge is 2.13. The zero-order valence-electron chi connectivity index (χ0n) is 15.8. The van der Waals surface area contributed by atoms with E-state index in [0.29, 0.717) is 30.3 Å². The van der Waals surface area contributed by atoms with Gasteiger partial charge in [0.2, 0.25) is 0 Å². The fourth-order valence-corrected chi connectivity index (χ4v) is 3.52. The van der Waals surface area contributed by atoms with Crippen molar-refractivity contribution < 1.29 is 22.7 Å². The molecular formula is C19H20Cl3NO5S. The van der Waals surface area contributed by atoms with E-state index in [1.165, 1.54) is 29.2 Å².